The molecule has 0 bridgehead atoms. The maximum absolute atomic E-state index is 12.3. The van der Waals surface area contributed by atoms with Gasteiger partial charge < -0.3 is 10.6 Å². The maximum Gasteiger partial charge on any atom is 0.276 e. The average molecular weight is 390 g/mol. The van der Waals surface area contributed by atoms with Gasteiger partial charge in [0.25, 0.3) is 11.5 Å². The van der Waals surface area contributed by atoms with Crippen LogP contribution in [0.25, 0.3) is 0 Å². The number of hydrogen-bond donors (Lipinski definition) is 2. The van der Waals surface area contributed by atoms with Crippen LogP contribution in [0.1, 0.15) is 27.8 Å². The number of ketones is 1. The number of aromatic nitrogens is 2. The first-order chi connectivity index (χ1) is 13.9. The molecule has 29 heavy (non-hydrogen) atoms. The Kier molecular flexibility index (Phi) is 5.94. The molecule has 1 heterocycles. The third kappa shape index (κ3) is 5.23. The molecule has 146 valence electrons. The highest BCUT2D eigenvalue weighted by atomic mass is 16.2. The Balaban J connectivity index is 1.69. The number of nitrogens with zero attached hydrogens (tertiary/aromatic N) is 2. The van der Waals surface area contributed by atoms with Gasteiger partial charge in [0, 0.05) is 23.0 Å². The molecule has 8 heteroatoms. The number of carbonyl (C=O) groups excluding carboxylic acids is 3. The summed E-state index contributed by atoms with van der Waals surface area (Å²) in [6, 6.07) is 17.7. The van der Waals surface area contributed by atoms with Crippen LogP contribution >= 0.6 is 0 Å². The lowest BCUT2D eigenvalue weighted by molar-refractivity contribution is -0.117. The van der Waals surface area contributed by atoms with E-state index in [1.165, 1.54) is 19.1 Å². The van der Waals surface area contributed by atoms with Crippen molar-refractivity contribution in [2.75, 3.05) is 10.6 Å². The van der Waals surface area contributed by atoms with Crippen LogP contribution in [-0.4, -0.2) is 27.4 Å². The minimum absolute atomic E-state index is 0.00654. The Morgan fingerprint density at radius 3 is 2.17 bits per heavy atom. The fourth-order valence-electron chi connectivity index (χ4n) is 2.52. The molecule has 0 saturated heterocycles. The topological polar surface area (TPSA) is 110 Å². The van der Waals surface area contributed by atoms with E-state index in [1.54, 1.807) is 48.5 Å². The van der Waals surface area contributed by atoms with Gasteiger partial charge in [-0.1, -0.05) is 18.2 Å². The molecule has 0 aliphatic carbocycles. The van der Waals surface area contributed by atoms with E-state index in [4.69, 9.17) is 0 Å². The molecule has 0 aliphatic heterocycles. The minimum Gasteiger partial charge on any atom is -0.324 e. The Morgan fingerprint density at radius 2 is 1.52 bits per heavy atom. The van der Waals surface area contributed by atoms with Crippen LogP contribution in [-0.2, 0) is 11.3 Å². The minimum atomic E-state index is -0.511. The monoisotopic (exact) mass is 390 g/mol. The molecule has 2 aromatic carbocycles. The summed E-state index contributed by atoms with van der Waals surface area (Å²) in [5.74, 6) is -1.06. The SMILES string of the molecule is CC(=O)c1ccc(NC(=O)Cn2nc(C(=O)Nc3ccccc3)ccc2=O)cc1. The van der Waals surface area contributed by atoms with Gasteiger partial charge in [0.2, 0.25) is 5.91 Å². The smallest absolute Gasteiger partial charge is 0.276 e. The molecule has 1 aromatic heterocycles. The number of rotatable bonds is 6. The van der Waals surface area contributed by atoms with E-state index in [-0.39, 0.29) is 18.0 Å². The van der Waals surface area contributed by atoms with E-state index in [0.29, 0.717) is 16.9 Å². The van der Waals surface area contributed by atoms with Crippen molar-refractivity contribution in [3.8, 4) is 0 Å². The van der Waals surface area contributed by atoms with E-state index in [0.717, 1.165) is 4.68 Å². The molecule has 0 fully saturated rings. The molecular weight excluding hydrogens is 372 g/mol. The summed E-state index contributed by atoms with van der Waals surface area (Å²) < 4.78 is 0.916. The van der Waals surface area contributed by atoms with Gasteiger partial charge in [-0.3, -0.25) is 19.2 Å². The third-order valence-electron chi connectivity index (χ3n) is 4.00. The number of carbonyl (C=O) groups is 3. The summed E-state index contributed by atoms with van der Waals surface area (Å²) in [6.07, 6.45) is 0. The van der Waals surface area contributed by atoms with Gasteiger partial charge in [0.1, 0.15) is 12.2 Å². The molecule has 3 rings (SSSR count). The zero-order valence-electron chi connectivity index (χ0n) is 15.6. The highest BCUT2D eigenvalue weighted by molar-refractivity contribution is 6.02. The van der Waals surface area contributed by atoms with Gasteiger partial charge in [0.05, 0.1) is 0 Å². The fourth-order valence-corrected chi connectivity index (χ4v) is 2.52. The lowest BCUT2D eigenvalue weighted by atomic mass is 10.1. The Labute approximate surface area is 166 Å². The van der Waals surface area contributed by atoms with Crippen molar-refractivity contribution in [2.24, 2.45) is 0 Å². The zero-order valence-corrected chi connectivity index (χ0v) is 15.6. The number of amides is 2. The van der Waals surface area contributed by atoms with Crippen molar-refractivity contribution in [3.63, 3.8) is 0 Å². The van der Waals surface area contributed by atoms with Crippen molar-refractivity contribution in [1.29, 1.82) is 0 Å². The molecule has 8 nitrogen and oxygen atoms in total. The van der Waals surface area contributed by atoms with Crippen LogP contribution in [0.5, 0.6) is 0 Å². The van der Waals surface area contributed by atoms with Gasteiger partial charge in [-0.05, 0) is 49.4 Å². The van der Waals surface area contributed by atoms with Crippen molar-refractivity contribution < 1.29 is 14.4 Å². The number of benzene rings is 2. The van der Waals surface area contributed by atoms with Gasteiger partial charge in [-0.25, -0.2) is 4.68 Å². The molecule has 2 N–H and O–H groups in total. The van der Waals surface area contributed by atoms with E-state index in [9.17, 15) is 19.2 Å². The molecular formula is C21H18N4O4. The van der Waals surface area contributed by atoms with Crippen molar-refractivity contribution >= 4 is 29.0 Å². The van der Waals surface area contributed by atoms with E-state index < -0.39 is 17.4 Å². The first-order valence-corrected chi connectivity index (χ1v) is 8.78. The predicted molar refractivity (Wildman–Crippen MR) is 108 cm³/mol. The van der Waals surface area contributed by atoms with E-state index >= 15 is 0 Å². The molecule has 0 unspecified atom stereocenters. The van der Waals surface area contributed by atoms with E-state index in [2.05, 4.69) is 15.7 Å². The molecule has 3 aromatic rings. The van der Waals surface area contributed by atoms with Crippen molar-refractivity contribution in [3.05, 3.63) is 88.3 Å². The third-order valence-corrected chi connectivity index (χ3v) is 4.00. The van der Waals surface area contributed by atoms with Gasteiger partial charge >= 0.3 is 0 Å². The molecule has 0 atom stereocenters. The average Bonchev–Trinajstić information content (AvgIpc) is 2.70. The van der Waals surface area contributed by atoms with Gasteiger partial charge in [0.15, 0.2) is 5.78 Å². The second kappa shape index (κ2) is 8.75. The highest BCUT2D eigenvalue weighted by Gasteiger charge is 2.12. The molecule has 0 spiro atoms. The maximum atomic E-state index is 12.3. The van der Waals surface area contributed by atoms with Gasteiger partial charge in [-0.2, -0.15) is 5.10 Å². The predicted octanol–water partition coefficient (Wildman–Crippen LogP) is 2.34. The summed E-state index contributed by atoms with van der Waals surface area (Å²) in [7, 11) is 0. The normalized spacial score (nSPS) is 10.2. The largest absolute Gasteiger partial charge is 0.324 e. The fraction of sp³-hybridized carbons (Fsp3) is 0.0952. The lowest BCUT2D eigenvalue weighted by Crippen LogP contribution is -2.31. The Bertz CT molecular complexity index is 1110. The van der Waals surface area contributed by atoms with Crippen LogP contribution in [0.15, 0.2) is 71.5 Å². The quantitative estimate of drug-likeness (QED) is 0.628. The first kappa shape index (κ1) is 19.7. The lowest BCUT2D eigenvalue weighted by Gasteiger charge is -2.09. The summed E-state index contributed by atoms with van der Waals surface area (Å²) in [4.78, 5) is 47.9. The number of hydrogen-bond acceptors (Lipinski definition) is 5. The van der Waals surface area contributed by atoms with Crippen LogP contribution in [0.3, 0.4) is 0 Å². The van der Waals surface area contributed by atoms with Gasteiger partial charge in [-0.15, -0.1) is 0 Å². The molecule has 2 amide bonds. The summed E-state index contributed by atoms with van der Waals surface area (Å²) >= 11 is 0. The summed E-state index contributed by atoms with van der Waals surface area (Å²) in [6.45, 7) is 1.09. The van der Waals surface area contributed by atoms with Crippen LogP contribution in [0, 0.1) is 0 Å². The zero-order chi connectivity index (χ0) is 20.8. The van der Waals surface area contributed by atoms with Crippen molar-refractivity contribution in [1.82, 2.24) is 9.78 Å². The Morgan fingerprint density at radius 1 is 0.862 bits per heavy atom. The number of para-hydroxylation sites is 1. The highest BCUT2D eigenvalue weighted by Crippen LogP contribution is 2.10. The summed E-state index contributed by atoms with van der Waals surface area (Å²) in [5.41, 5.74) is 1.09. The Hall–Kier alpha value is -4.07. The second-order valence-corrected chi connectivity index (χ2v) is 6.22. The summed E-state index contributed by atoms with van der Waals surface area (Å²) in [5, 5.41) is 9.26. The van der Waals surface area contributed by atoms with Crippen molar-refractivity contribution in [2.45, 2.75) is 13.5 Å². The van der Waals surface area contributed by atoms with Crippen LogP contribution < -0.4 is 16.2 Å². The molecule has 0 aliphatic rings. The number of Topliss-reactive ketones (excluding diaryl/α,β-unsaturated/α-hetero) is 1. The van der Waals surface area contributed by atoms with Crippen LogP contribution in [0.2, 0.25) is 0 Å². The second-order valence-electron chi connectivity index (χ2n) is 6.22. The van der Waals surface area contributed by atoms with Crippen LogP contribution in [0.4, 0.5) is 11.4 Å². The first-order valence-electron chi connectivity index (χ1n) is 8.78. The number of nitrogens with one attached hydrogen (secondary N) is 2. The standard InChI is InChI=1S/C21H18N4O4/c1-14(26)15-7-9-17(10-8-15)22-19(27)13-25-20(28)12-11-18(24-25)21(29)23-16-5-3-2-4-6-16/h2-12H,13H2,1H3,(H,22,27)(H,23,29). The molecule has 0 saturated carbocycles. The number of anilines is 2. The van der Waals surface area contributed by atoms with E-state index in [1.807, 2.05) is 6.07 Å². The molecule has 0 radical (unpaired) electrons.